The van der Waals surface area contributed by atoms with Crippen molar-refractivity contribution in [3.05, 3.63) is 41.4 Å². The lowest BCUT2D eigenvalue weighted by Crippen LogP contribution is -2.28. The van der Waals surface area contributed by atoms with Crippen LogP contribution in [0.3, 0.4) is 0 Å². The number of amides is 1. The van der Waals surface area contributed by atoms with Gasteiger partial charge in [0.25, 0.3) is 0 Å². The van der Waals surface area contributed by atoms with Gasteiger partial charge in [0.1, 0.15) is 17.8 Å². The van der Waals surface area contributed by atoms with Gasteiger partial charge in [0.2, 0.25) is 5.91 Å². The van der Waals surface area contributed by atoms with Gasteiger partial charge < -0.3 is 5.32 Å². The topological polar surface area (TPSA) is 54.9 Å². The Balaban J connectivity index is 2.17. The normalized spacial score (nSPS) is 21.9. The summed E-state index contributed by atoms with van der Waals surface area (Å²) in [7, 11) is 0. The highest BCUT2D eigenvalue weighted by molar-refractivity contribution is 5.93. The molecule has 4 nitrogen and oxygen atoms in total. The molecule has 1 aliphatic carbocycles. The molecule has 0 bridgehead atoms. The number of allylic oxidation sites excluding steroid dienone is 3. The Hall–Kier alpha value is -2.18. The molecule has 118 valence electrons. The maximum absolute atomic E-state index is 12.6. The van der Waals surface area contributed by atoms with Crippen molar-refractivity contribution in [3.63, 3.8) is 0 Å². The van der Waals surface area contributed by atoms with Crippen molar-refractivity contribution >= 4 is 11.7 Å². The van der Waals surface area contributed by atoms with Gasteiger partial charge in [-0.1, -0.05) is 30.2 Å². The molecule has 0 fully saturated rings. The first kappa shape index (κ1) is 16.2. The van der Waals surface area contributed by atoms with Gasteiger partial charge in [-0.15, -0.1) is 0 Å². The molecule has 2 atom stereocenters. The maximum Gasteiger partial charge on any atom is 0.433 e. The van der Waals surface area contributed by atoms with E-state index in [9.17, 15) is 18.0 Å². The predicted molar refractivity (Wildman–Crippen MR) is 75.8 cm³/mol. The molecule has 0 spiro atoms. The van der Waals surface area contributed by atoms with Crippen molar-refractivity contribution in [2.45, 2.75) is 26.9 Å². The minimum absolute atomic E-state index is 0.0346. The van der Waals surface area contributed by atoms with Crippen molar-refractivity contribution in [1.29, 1.82) is 0 Å². The Labute approximate surface area is 126 Å². The Kier molecular flexibility index (Phi) is 4.35. The minimum Gasteiger partial charge on any atom is -0.310 e. The molecule has 7 heteroatoms. The van der Waals surface area contributed by atoms with Crippen LogP contribution in [0.1, 0.15) is 26.5 Å². The fourth-order valence-corrected chi connectivity index (χ4v) is 2.29. The number of carbonyl (C=O) groups excluding carboxylic acids is 1. The number of halogens is 3. The molecule has 0 saturated carbocycles. The van der Waals surface area contributed by atoms with Crippen LogP contribution in [0.5, 0.6) is 0 Å². The second-order valence-electron chi connectivity index (χ2n) is 5.36. The summed E-state index contributed by atoms with van der Waals surface area (Å²) in [6.45, 7) is 5.73. The molecule has 1 aromatic heterocycles. The first-order valence-corrected chi connectivity index (χ1v) is 6.76. The van der Waals surface area contributed by atoms with E-state index in [0.29, 0.717) is 0 Å². The van der Waals surface area contributed by atoms with Gasteiger partial charge in [0.15, 0.2) is 0 Å². The van der Waals surface area contributed by atoms with Gasteiger partial charge in [-0.05, 0) is 19.8 Å². The number of aromatic nitrogens is 2. The quantitative estimate of drug-likeness (QED) is 0.908. The van der Waals surface area contributed by atoms with Gasteiger partial charge in [0.05, 0.1) is 5.92 Å². The van der Waals surface area contributed by atoms with E-state index < -0.39 is 17.8 Å². The van der Waals surface area contributed by atoms with Crippen LogP contribution in [0.2, 0.25) is 0 Å². The third kappa shape index (κ3) is 3.52. The summed E-state index contributed by atoms with van der Waals surface area (Å²) in [6.07, 6.45) is 0.00661. The summed E-state index contributed by atoms with van der Waals surface area (Å²) in [5, 5.41) is 2.43. The monoisotopic (exact) mass is 311 g/mol. The molecular weight excluding hydrogens is 295 g/mol. The molecule has 0 radical (unpaired) electrons. The summed E-state index contributed by atoms with van der Waals surface area (Å²) in [5.41, 5.74) is 0.992. The number of rotatable bonds is 2. The maximum atomic E-state index is 12.6. The molecule has 1 aliphatic rings. The summed E-state index contributed by atoms with van der Waals surface area (Å²) < 4.78 is 37.8. The highest BCUT2D eigenvalue weighted by Gasteiger charge is 2.33. The van der Waals surface area contributed by atoms with Crippen molar-refractivity contribution in [2.75, 3.05) is 5.32 Å². The van der Waals surface area contributed by atoms with Gasteiger partial charge in [-0.25, -0.2) is 9.97 Å². The highest BCUT2D eigenvalue weighted by Crippen LogP contribution is 2.30. The van der Waals surface area contributed by atoms with Crippen LogP contribution in [0.15, 0.2) is 35.7 Å². The molecule has 22 heavy (non-hydrogen) atoms. The lowest BCUT2D eigenvalue weighted by atomic mass is 9.83. The third-order valence-electron chi connectivity index (χ3n) is 3.64. The van der Waals surface area contributed by atoms with Gasteiger partial charge in [-0.3, -0.25) is 4.79 Å². The van der Waals surface area contributed by atoms with Crippen LogP contribution in [0, 0.1) is 11.8 Å². The van der Waals surface area contributed by atoms with E-state index in [2.05, 4.69) is 15.3 Å². The number of alkyl halides is 3. The summed E-state index contributed by atoms with van der Waals surface area (Å²) in [4.78, 5) is 19.1. The van der Waals surface area contributed by atoms with E-state index in [1.54, 1.807) is 0 Å². The predicted octanol–water partition coefficient (Wildman–Crippen LogP) is 3.59. The van der Waals surface area contributed by atoms with Crippen molar-refractivity contribution in [1.82, 2.24) is 9.97 Å². The first-order chi connectivity index (χ1) is 10.2. The molecule has 1 N–H and O–H groups in total. The van der Waals surface area contributed by atoms with E-state index in [1.807, 2.05) is 32.9 Å². The Morgan fingerprint density at radius 2 is 1.82 bits per heavy atom. The van der Waals surface area contributed by atoms with Gasteiger partial charge in [-0.2, -0.15) is 13.2 Å². The molecule has 0 aliphatic heterocycles. The second kappa shape index (κ2) is 5.90. The number of anilines is 1. The molecule has 1 aromatic rings. The summed E-state index contributed by atoms with van der Waals surface area (Å²) in [6, 6.07) is 0.725. The standard InChI is InChI=1S/C15H16F3N3O/c1-8-4-10(3)11(5-9(8)2)14(22)21-13-6-12(15(16,17)18)19-7-20-13/h4-7,10-11H,1-3H3,(H,19,20,21,22). The third-order valence-corrected chi connectivity index (χ3v) is 3.64. The second-order valence-corrected chi connectivity index (χ2v) is 5.36. The van der Waals surface area contributed by atoms with Crippen LogP contribution in [-0.2, 0) is 11.0 Å². The SMILES string of the molecule is CC1=CC(C)C(C(=O)Nc2cc(C(F)(F)F)ncn2)C=C1C. The molecule has 1 heterocycles. The Morgan fingerprint density at radius 3 is 2.45 bits per heavy atom. The zero-order valence-electron chi connectivity index (χ0n) is 12.4. The van der Waals surface area contributed by atoms with Crippen molar-refractivity contribution < 1.29 is 18.0 Å². The Morgan fingerprint density at radius 1 is 1.18 bits per heavy atom. The van der Waals surface area contributed by atoms with E-state index in [4.69, 9.17) is 0 Å². The van der Waals surface area contributed by atoms with E-state index in [0.717, 1.165) is 23.5 Å². The van der Waals surface area contributed by atoms with Gasteiger partial charge >= 0.3 is 6.18 Å². The number of nitrogens with one attached hydrogen (secondary N) is 1. The number of carbonyl (C=O) groups is 1. The average molecular weight is 311 g/mol. The lowest BCUT2D eigenvalue weighted by Gasteiger charge is -2.23. The van der Waals surface area contributed by atoms with Crippen LogP contribution < -0.4 is 5.32 Å². The van der Waals surface area contributed by atoms with Crippen LogP contribution in [0.25, 0.3) is 0 Å². The van der Waals surface area contributed by atoms with Crippen molar-refractivity contribution in [3.8, 4) is 0 Å². The van der Waals surface area contributed by atoms with E-state index >= 15 is 0 Å². The number of hydrogen-bond acceptors (Lipinski definition) is 3. The first-order valence-electron chi connectivity index (χ1n) is 6.76. The van der Waals surface area contributed by atoms with Crippen LogP contribution in [-0.4, -0.2) is 15.9 Å². The number of nitrogens with zero attached hydrogens (tertiary/aromatic N) is 2. The molecule has 0 aromatic carbocycles. The fraction of sp³-hybridized carbons (Fsp3) is 0.400. The molecule has 2 unspecified atom stereocenters. The smallest absolute Gasteiger partial charge is 0.310 e. The zero-order valence-corrected chi connectivity index (χ0v) is 12.4. The fourth-order valence-electron chi connectivity index (χ4n) is 2.29. The van der Waals surface area contributed by atoms with Gasteiger partial charge in [0, 0.05) is 6.07 Å². The van der Waals surface area contributed by atoms with Crippen LogP contribution >= 0.6 is 0 Å². The van der Waals surface area contributed by atoms with E-state index in [-0.39, 0.29) is 17.6 Å². The molecule has 2 rings (SSSR count). The summed E-state index contributed by atoms with van der Waals surface area (Å²) >= 11 is 0. The lowest BCUT2D eigenvalue weighted by molar-refractivity contribution is -0.141. The van der Waals surface area contributed by atoms with Crippen molar-refractivity contribution in [2.24, 2.45) is 11.8 Å². The number of hydrogen-bond donors (Lipinski definition) is 1. The average Bonchev–Trinajstić information content (AvgIpc) is 2.42. The largest absolute Gasteiger partial charge is 0.433 e. The molecule has 1 amide bonds. The molecular formula is C15H16F3N3O. The minimum atomic E-state index is -4.57. The van der Waals surface area contributed by atoms with E-state index in [1.165, 1.54) is 0 Å². The highest BCUT2D eigenvalue weighted by atomic mass is 19.4. The summed E-state index contributed by atoms with van der Waals surface area (Å²) in [5.74, 6) is -1.01. The van der Waals surface area contributed by atoms with Crippen LogP contribution in [0.4, 0.5) is 19.0 Å². The Bertz CT molecular complexity index is 650. The zero-order chi connectivity index (χ0) is 16.5. The molecule has 0 saturated heterocycles.